The summed E-state index contributed by atoms with van der Waals surface area (Å²) in [5.74, 6) is -14.1. The molecule has 460 valence electrons. The molecule has 21 N–H and O–H groups in total. The predicted octanol–water partition coefficient (Wildman–Crippen LogP) is -9.08. The SMILES string of the molecule is C=CC(=O)NCCCCCC(=O)N[C@@H](Cc1ccccc1)C(=O)NCC(=O)N[C@@H](CC(=O)N[C@@H]1OC(CO)[C@@H](O)C(O)C1NC(C)=O)C(=O)NCC(=O)N[C@@H](CCCN=C(N)N)C(=O)NCC(=O)N[C@@H](CC(=O)O)C(=O)N[C@@H](CO)C(=O)O. The second-order valence-corrected chi connectivity index (χ2v) is 18.5. The minimum atomic E-state index is -1.92. The van der Waals surface area contributed by atoms with Crippen LogP contribution < -0.4 is 70.0 Å². The number of hydrogen-bond acceptors (Lipinski definition) is 19. The Kier molecular flexibility index (Phi) is 31.5. The fourth-order valence-electron chi connectivity index (χ4n) is 7.67. The Balaban J connectivity index is 2.33. The number of guanidine groups is 1. The molecule has 0 saturated carbocycles. The molecule has 1 aromatic carbocycles. The Bertz CT molecular complexity index is 2470. The lowest BCUT2D eigenvalue weighted by molar-refractivity contribution is -0.203. The number of benzene rings is 1. The molecule has 11 amide bonds. The highest BCUT2D eigenvalue weighted by atomic mass is 16.5. The van der Waals surface area contributed by atoms with Gasteiger partial charge in [-0.15, -0.1) is 0 Å². The summed E-state index contributed by atoms with van der Waals surface area (Å²) in [4.78, 5) is 170. The van der Waals surface area contributed by atoms with Crippen molar-refractivity contribution in [1.29, 1.82) is 0 Å². The smallest absolute Gasteiger partial charge is 0.328 e. The number of aliphatic hydroxyl groups excluding tert-OH is 4. The van der Waals surface area contributed by atoms with Gasteiger partial charge in [-0.2, -0.15) is 0 Å². The molecule has 2 rings (SSSR count). The molecule has 1 saturated heterocycles. The van der Waals surface area contributed by atoms with Crippen LogP contribution in [-0.4, -0.2) is 220 Å². The molecule has 3 unspecified atom stereocenters. The number of nitrogens with one attached hydrogen (secondary N) is 11. The van der Waals surface area contributed by atoms with Crippen LogP contribution in [-0.2, 0) is 73.5 Å². The van der Waals surface area contributed by atoms with Crippen LogP contribution in [0, 0.1) is 0 Å². The molecule has 1 aliphatic rings. The van der Waals surface area contributed by atoms with Gasteiger partial charge in [0.1, 0.15) is 54.6 Å². The van der Waals surface area contributed by atoms with Crippen LogP contribution in [0.4, 0.5) is 0 Å². The summed E-state index contributed by atoms with van der Waals surface area (Å²) in [7, 11) is 0. The minimum Gasteiger partial charge on any atom is -0.481 e. The average molecular weight is 1180 g/mol. The maximum atomic E-state index is 13.9. The number of hydrogen-bond donors (Lipinski definition) is 19. The number of aliphatic imine (C=N–C) groups is 1. The Labute approximate surface area is 474 Å². The standard InChI is InChI=1S/C49H74N14O20/c1-3-33(67)52-15-9-5-8-14-34(68)59-28(17-26-11-6-4-7-12-26)44(78)55-22-37(71)60-29(18-35(69)63-47-40(57-25(2)66)42(76)41(75)32(24-65)83-47)45(79)56-20-36(70)58-27(13-10-16-53-49(50)51)43(77)54-21-38(72)61-30(19-39(73)74)46(80)62-31(23-64)48(81)82/h3-4,6-7,11-12,27-32,40-42,47,64-65,75-76H,1,5,8-10,13-24H2,2H3,(H,52,67)(H,54,77)(H,55,78)(H,56,79)(H,57,66)(H,58,70)(H,59,68)(H,60,71)(H,61,72)(H,62,80)(H,63,69)(H,73,74)(H,81,82)(H4,50,51,53)/t27-,28-,29-,30-,31-,32?,40?,41+,42?,47+/m0/s1. The second kappa shape index (κ2) is 37.2. The Morgan fingerprint density at radius 2 is 1.19 bits per heavy atom. The molecule has 83 heavy (non-hydrogen) atoms. The van der Waals surface area contributed by atoms with Crippen LogP contribution in [0.25, 0.3) is 0 Å². The molecule has 0 aliphatic carbocycles. The van der Waals surface area contributed by atoms with Gasteiger partial charge in [0.2, 0.25) is 65.0 Å². The van der Waals surface area contributed by atoms with Gasteiger partial charge in [-0.25, -0.2) is 4.79 Å². The van der Waals surface area contributed by atoms with E-state index >= 15 is 0 Å². The van der Waals surface area contributed by atoms with Crippen molar-refractivity contribution in [1.82, 2.24) is 58.5 Å². The number of aliphatic carboxylic acids is 2. The number of carboxylic acid groups (broad SMARTS) is 2. The number of nitrogens with two attached hydrogens (primary N) is 2. The number of carboxylic acids is 2. The summed E-state index contributed by atoms with van der Waals surface area (Å²) >= 11 is 0. The summed E-state index contributed by atoms with van der Waals surface area (Å²) in [6.07, 6.45) is -6.39. The molecule has 0 radical (unpaired) electrons. The van der Waals surface area contributed by atoms with Crippen LogP contribution in [0.3, 0.4) is 0 Å². The highest BCUT2D eigenvalue weighted by Crippen LogP contribution is 2.20. The van der Waals surface area contributed by atoms with Crippen molar-refractivity contribution < 1.29 is 97.7 Å². The lowest BCUT2D eigenvalue weighted by atomic mass is 9.95. The highest BCUT2D eigenvalue weighted by molar-refractivity contribution is 5.98. The van der Waals surface area contributed by atoms with Gasteiger partial charge in [-0.3, -0.25) is 62.5 Å². The van der Waals surface area contributed by atoms with E-state index in [9.17, 15) is 87.9 Å². The van der Waals surface area contributed by atoms with Crippen molar-refractivity contribution >= 4 is 82.9 Å². The van der Waals surface area contributed by atoms with E-state index in [1.54, 1.807) is 30.3 Å². The quantitative estimate of drug-likeness (QED) is 0.0127. The van der Waals surface area contributed by atoms with Crippen LogP contribution in [0.1, 0.15) is 63.9 Å². The first-order valence-electron chi connectivity index (χ1n) is 25.8. The van der Waals surface area contributed by atoms with Gasteiger partial charge in [0, 0.05) is 32.9 Å². The number of aliphatic hydroxyl groups is 4. The van der Waals surface area contributed by atoms with E-state index in [1.165, 1.54) is 0 Å². The molecule has 1 aliphatic heterocycles. The van der Waals surface area contributed by atoms with Crippen LogP contribution in [0.15, 0.2) is 48.0 Å². The van der Waals surface area contributed by atoms with E-state index in [4.69, 9.17) is 21.3 Å². The molecule has 0 bridgehead atoms. The lowest BCUT2D eigenvalue weighted by Crippen LogP contribution is -2.68. The Hall–Kier alpha value is -8.86. The topological polar surface area (TPSA) is 549 Å². The maximum absolute atomic E-state index is 13.9. The molecular formula is C49H74N14O20. The predicted molar refractivity (Wildman–Crippen MR) is 286 cm³/mol. The van der Waals surface area contributed by atoms with Crippen LogP contribution >= 0.6 is 0 Å². The van der Waals surface area contributed by atoms with E-state index in [-0.39, 0.29) is 44.1 Å². The third kappa shape index (κ3) is 27.4. The molecule has 34 nitrogen and oxygen atoms in total. The molecule has 0 spiro atoms. The average Bonchev–Trinajstić information content (AvgIpc) is 3.61. The fraction of sp³-hybridized carbons (Fsp3) is 0.551. The zero-order chi connectivity index (χ0) is 62.2. The van der Waals surface area contributed by atoms with Gasteiger partial charge < -0.3 is 105 Å². The van der Waals surface area contributed by atoms with E-state index < -0.39 is 177 Å². The molecular weight excluding hydrogens is 1100 g/mol. The van der Waals surface area contributed by atoms with Crippen molar-refractivity contribution in [3.05, 3.63) is 48.6 Å². The van der Waals surface area contributed by atoms with Gasteiger partial charge in [-0.05, 0) is 37.3 Å². The summed E-state index contributed by atoms with van der Waals surface area (Å²) in [5, 5.41) is 83.7. The molecule has 34 heteroatoms. The number of rotatable bonds is 37. The third-order valence-electron chi connectivity index (χ3n) is 11.8. The van der Waals surface area contributed by atoms with Crippen molar-refractivity contribution in [2.75, 3.05) is 45.9 Å². The zero-order valence-electron chi connectivity index (χ0n) is 45.3. The van der Waals surface area contributed by atoms with Gasteiger partial charge in [-0.1, -0.05) is 43.3 Å². The molecule has 1 heterocycles. The van der Waals surface area contributed by atoms with Gasteiger partial charge in [0.15, 0.2) is 12.2 Å². The summed E-state index contributed by atoms with van der Waals surface area (Å²) in [5.41, 5.74) is 11.4. The van der Waals surface area contributed by atoms with E-state index in [2.05, 4.69) is 59.4 Å². The summed E-state index contributed by atoms with van der Waals surface area (Å²) < 4.78 is 5.53. The largest absolute Gasteiger partial charge is 0.481 e. The van der Waals surface area contributed by atoms with Gasteiger partial charge >= 0.3 is 11.9 Å². The number of carbonyl (C=O) groups is 13. The molecule has 0 aromatic heterocycles. The first-order chi connectivity index (χ1) is 39.3. The number of amides is 11. The first kappa shape index (κ1) is 70.2. The first-order valence-corrected chi connectivity index (χ1v) is 25.8. The number of nitrogens with zero attached hydrogens (tertiary/aromatic N) is 1. The van der Waals surface area contributed by atoms with Crippen molar-refractivity contribution in [2.24, 2.45) is 16.5 Å². The van der Waals surface area contributed by atoms with Crippen molar-refractivity contribution in [2.45, 2.75) is 126 Å². The number of carbonyl (C=O) groups excluding carboxylic acids is 11. The molecule has 1 aromatic rings. The summed E-state index contributed by atoms with van der Waals surface area (Å²) in [6.45, 7) is -0.0588. The number of unbranched alkanes of at least 4 members (excludes halogenated alkanes) is 2. The second-order valence-electron chi connectivity index (χ2n) is 18.5. The minimum absolute atomic E-state index is 0.00318. The fourth-order valence-corrected chi connectivity index (χ4v) is 7.67. The maximum Gasteiger partial charge on any atom is 0.328 e. The van der Waals surface area contributed by atoms with E-state index in [0.717, 1.165) is 13.0 Å². The van der Waals surface area contributed by atoms with Crippen molar-refractivity contribution in [3.8, 4) is 0 Å². The lowest BCUT2D eigenvalue weighted by Gasteiger charge is -2.42. The monoisotopic (exact) mass is 1180 g/mol. The van der Waals surface area contributed by atoms with E-state index in [0.29, 0.717) is 31.4 Å². The Morgan fingerprint density at radius 1 is 0.639 bits per heavy atom. The zero-order valence-corrected chi connectivity index (χ0v) is 45.3. The summed E-state index contributed by atoms with van der Waals surface area (Å²) in [6, 6.07) is -1.46. The molecule has 10 atom stereocenters. The normalized spacial score (nSPS) is 18.0. The van der Waals surface area contributed by atoms with Crippen LogP contribution in [0.5, 0.6) is 0 Å². The van der Waals surface area contributed by atoms with Gasteiger partial charge in [0.25, 0.3) is 0 Å². The Morgan fingerprint density at radius 3 is 1.72 bits per heavy atom. The number of ether oxygens (including phenoxy) is 1. The third-order valence-corrected chi connectivity index (χ3v) is 11.8. The van der Waals surface area contributed by atoms with E-state index in [1.807, 2.05) is 10.6 Å². The molecule has 1 fully saturated rings. The highest BCUT2D eigenvalue weighted by Gasteiger charge is 2.45. The van der Waals surface area contributed by atoms with Gasteiger partial charge in [0.05, 0.1) is 45.7 Å². The van der Waals surface area contributed by atoms with Crippen molar-refractivity contribution in [3.63, 3.8) is 0 Å². The van der Waals surface area contributed by atoms with Crippen LogP contribution in [0.2, 0.25) is 0 Å².